The Kier molecular flexibility index (Phi) is 3.97. The number of aromatic amines is 1. The first-order valence-electron chi connectivity index (χ1n) is 7.69. The Labute approximate surface area is 134 Å². The van der Waals surface area contributed by atoms with E-state index in [1.54, 1.807) is 0 Å². The second kappa shape index (κ2) is 5.94. The smallest absolute Gasteiger partial charge is 0.255 e. The zero-order valence-electron chi connectivity index (χ0n) is 13.9. The molecular formula is C15H21N7O. The minimum absolute atomic E-state index is 0.0920. The summed E-state index contributed by atoms with van der Waals surface area (Å²) in [5.74, 6) is 2.20. The van der Waals surface area contributed by atoms with Gasteiger partial charge < -0.3 is 14.8 Å². The first-order chi connectivity index (χ1) is 11.0. The van der Waals surface area contributed by atoms with Gasteiger partial charge in [-0.25, -0.2) is 4.98 Å². The number of hydrogen-bond acceptors (Lipinski definition) is 7. The molecule has 0 atom stereocenters. The molecule has 3 rings (SSSR count). The number of hydrogen-bond donors (Lipinski definition) is 1. The fourth-order valence-corrected chi connectivity index (χ4v) is 2.49. The van der Waals surface area contributed by atoms with Gasteiger partial charge in [0.25, 0.3) is 5.56 Å². The van der Waals surface area contributed by atoms with Gasteiger partial charge in [0.2, 0.25) is 11.9 Å². The van der Waals surface area contributed by atoms with Gasteiger partial charge in [-0.05, 0) is 0 Å². The zero-order valence-corrected chi connectivity index (χ0v) is 13.9. The minimum atomic E-state index is -0.0920. The van der Waals surface area contributed by atoms with Gasteiger partial charge >= 0.3 is 0 Å². The number of rotatable bonds is 3. The summed E-state index contributed by atoms with van der Waals surface area (Å²) < 4.78 is 0. The van der Waals surface area contributed by atoms with Crippen LogP contribution in [-0.2, 0) is 13.0 Å². The Morgan fingerprint density at radius 1 is 1.26 bits per heavy atom. The van der Waals surface area contributed by atoms with Crippen LogP contribution in [0.5, 0.6) is 0 Å². The standard InChI is InChI=1S/C15H21N7O/c1-9(2)12-18-14(21(3)4)20-15(19-12)22-6-5-11-10(7-22)13(23)17-8-16-11/h8-9H,5-7H2,1-4H3,(H,16,17,23). The fourth-order valence-electron chi connectivity index (χ4n) is 2.49. The van der Waals surface area contributed by atoms with Gasteiger partial charge in [0.1, 0.15) is 5.82 Å². The van der Waals surface area contributed by atoms with Crippen molar-refractivity contribution in [3.05, 3.63) is 33.8 Å². The molecule has 0 radical (unpaired) electrons. The third-order valence-corrected chi connectivity index (χ3v) is 3.83. The van der Waals surface area contributed by atoms with Crippen LogP contribution >= 0.6 is 0 Å². The lowest BCUT2D eigenvalue weighted by Crippen LogP contribution is -2.37. The molecule has 1 aliphatic heterocycles. The Morgan fingerprint density at radius 2 is 2.04 bits per heavy atom. The Morgan fingerprint density at radius 3 is 2.74 bits per heavy atom. The predicted molar refractivity (Wildman–Crippen MR) is 87.9 cm³/mol. The second-order valence-corrected chi connectivity index (χ2v) is 6.17. The predicted octanol–water partition coefficient (Wildman–Crippen LogP) is 0.707. The average Bonchev–Trinajstić information content (AvgIpc) is 2.54. The number of anilines is 2. The Hall–Kier alpha value is -2.51. The molecule has 1 aliphatic rings. The molecule has 8 heteroatoms. The van der Waals surface area contributed by atoms with Crippen molar-refractivity contribution in [3.63, 3.8) is 0 Å². The van der Waals surface area contributed by atoms with E-state index >= 15 is 0 Å². The van der Waals surface area contributed by atoms with Crippen molar-refractivity contribution in [2.45, 2.75) is 32.7 Å². The summed E-state index contributed by atoms with van der Waals surface area (Å²) in [6, 6.07) is 0. The van der Waals surface area contributed by atoms with Crippen molar-refractivity contribution >= 4 is 11.9 Å². The van der Waals surface area contributed by atoms with Gasteiger partial charge in [0.15, 0.2) is 0 Å². The topological polar surface area (TPSA) is 90.9 Å². The molecule has 0 saturated heterocycles. The molecule has 0 aliphatic carbocycles. The number of nitrogens with zero attached hydrogens (tertiary/aromatic N) is 6. The molecule has 0 unspecified atom stereocenters. The summed E-state index contributed by atoms with van der Waals surface area (Å²) in [5.41, 5.74) is 1.46. The molecule has 2 aromatic heterocycles. The van der Waals surface area contributed by atoms with Crippen LogP contribution in [0.25, 0.3) is 0 Å². The third-order valence-electron chi connectivity index (χ3n) is 3.83. The molecule has 0 bridgehead atoms. The number of fused-ring (bicyclic) bond motifs is 1. The summed E-state index contributed by atoms with van der Waals surface area (Å²) in [4.78, 5) is 36.4. The average molecular weight is 315 g/mol. The lowest BCUT2D eigenvalue weighted by Gasteiger charge is -2.28. The highest BCUT2D eigenvalue weighted by Crippen LogP contribution is 2.21. The van der Waals surface area contributed by atoms with E-state index in [1.807, 2.05) is 23.9 Å². The third kappa shape index (κ3) is 3.01. The Balaban J connectivity index is 1.99. The highest BCUT2D eigenvalue weighted by molar-refractivity contribution is 5.41. The highest BCUT2D eigenvalue weighted by atomic mass is 16.1. The van der Waals surface area contributed by atoms with Crippen LogP contribution in [0.2, 0.25) is 0 Å². The van der Waals surface area contributed by atoms with Gasteiger partial charge in [0, 0.05) is 33.0 Å². The van der Waals surface area contributed by atoms with Crippen LogP contribution in [0.4, 0.5) is 11.9 Å². The van der Waals surface area contributed by atoms with Crippen molar-refractivity contribution in [2.75, 3.05) is 30.4 Å². The van der Waals surface area contributed by atoms with Gasteiger partial charge in [-0.15, -0.1) is 0 Å². The van der Waals surface area contributed by atoms with Gasteiger partial charge in [-0.3, -0.25) is 4.79 Å². The van der Waals surface area contributed by atoms with Crippen molar-refractivity contribution in [1.29, 1.82) is 0 Å². The molecule has 0 spiro atoms. The molecular weight excluding hydrogens is 294 g/mol. The van der Waals surface area contributed by atoms with E-state index in [9.17, 15) is 4.79 Å². The summed E-state index contributed by atoms with van der Waals surface area (Å²) in [7, 11) is 3.81. The van der Waals surface area contributed by atoms with E-state index in [1.165, 1.54) is 6.33 Å². The maximum atomic E-state index is 12.0. The molecule has 0 amide bonds. The van der Waals surface area contributed by atoms with Gasteiger partial charge in [-0.1, -0.05) is 13.8 Å². The second-order valence-electron chi connectivity index (χ2n) is 6.17. The lowest BCUT2D eigenvalue weighted by molar-refractivity contribution is 0.662. The first kappa shape index (κ1) is 15.4. The molecule has 0 aromatic carbocycles. The largest absolute Gasteiger partial charge is 0.347 e. The van der Waals surface area contributed by atoms with Crippen molar-refractivity contribution in [3.8, 4) is 0 Å². The van der Waals surface area contributed by atoms with Crippen molar-refractivity contribution in [2.24, 2.45) is 0 Å². The first-order valence-corrected chi connectivity index (χ1v) is 7.69. The Bertz CT molecular complexity index is 742. The molecule has 23 heavy (non-hydrogen) atoms. The molecule has 0 fully saturated rings. The van der Waals surface area contributed by atoms with Crippen LogP contribution < -0.4 is 15.4 Å². The minimum Gasteiger partial charge on any atom is -0.347 e. The molecule has 122 valence electrons. The quantitative estimate of drug-likeness (QED) is 0.891. The normalized spacial score (nSPS) is 14.0. The van der Waals surface area contributed by atoms with E-state index < -0.39 is 0 Å². The van der Waals surface area contributed by atoms with E-state index in [0.717, 1.165) is 18.1 Å². The monoisotopic (exact) mass is 315 g/mol. The van der Waals surface area contributed by atoms with Crippen molar-refractivity contribution in [1.82, 2.24) is 24.9 Å². The van der Waals surface area contributed by atoms with Gasteiger partial charge in [0.05, 0.1) is 24.1 Å². The number of H-pyrrole nitrogens is 1. The van der Waals surface area contributed by atoms with Crippen molar-refractivity contribution < 1.29 is 0 Å². The number of aromatic nitrogens is 5. The summed E-state index contributed by atoms with van der Waals surface area (Å²) in [5, 5.41) is 0. The zero-order chi connectivity index (χ0) is 16.6. The van der Waals surface area contributed by atoms with E-state index in [4.69, 9.17) is 0 Å². The summed E-state index contributed by atoms with van der Waals surface area (Å²) in [6.07, 6.45) is 2.17. The summed E-state index contributed by atoms with van der Waals surface area (Å²) in [6.45, 7) is 5.31. The molecule has 2 aromatic rings. The van der Waals surface area contributed by atoms with Crippen LogP contribution in [0, 0.1) is 0 Å². The van der Waals surface area contributed by atoms with Crippen LogP contribution in [-0.4, -0.2) is 45.6 Å². The van der Waals surface area contributed by atoms with Crippen LogP contribution in [0.15, 0.2) is 11.1 Å². The van der Waals surface area contributed by atoms with Gasteiger partial charge in [-0.2, -0.15) is 15.0 Å². The highest BCUT2D eigenvalue weighted by Gasteiger charge is 2.23. The van der Waals surface area contributed by atoms with Crippen LogP contribution in [0.3, 0.4) is 0 Å². The molecule has 1 N–H and O–H groups in total. The molecule has 0 saturated carbocycles. The van der Waals surface area contributed by atoms with E-state index in [-0.39, 0.29) is 11.5 Å². The maximum absolute atomic E-state index is 12.0. The SMILES string of the molecule is CC(C)c1nc(N(C)C)nc(N2CCc3nc[nH]c(=O)c3C2)n1. The van der Waals surface area contributed by atoms with E-state index in [0.29, 0.717) is 30.4 Å². The lowest BCUT2D eigenvalue weighted by atomic mass is 10.1. The molecule has 3 heterocycles. The van der Waals surface area contributed by atoms with E-state index in [2.05, 4.69) is 38.8 Å². The fraction of sp³-hybridized carbons (Fsp3) is 0.533. The maximum Gasteiger partial charge on any atom is 0.255 e. The number of nitrogens with one attached hydrogen (secondary N) is 1. The summed E-state index contributed by atoms with van der Waals surface area (Å²) >= 11 is 0. The molecule has 8 nitrogen and oxygen atoms in total. The van der Waals surface area contributed by atoms with Crippen LogP contribution in [0.1, 0.15) is 36.8 Å².